The molecule has 0 bridgehead atoms. The van der Waals surface area contributed by atoms with Gasteiger partial charge < -0.3 is 19.8 Å². The SMILES string of the molecule is Cl.Cl.NCCC(=O)OCOC(=O)/C=C/c1ccc(Cn2ccnc2)cc1. The highest BCUT2D eigenvalue weighted by atomic mass is 35.5. The number of carbonyl (C=O) groups is 2. The zero-order chi connectivity index (χ0) is 17.2. The van der Waals surface area contributed by atoms with Crippen LogP contribution in [0.15, 0.2) is 49.1 Å². The first-order chi connectivity index (χ1) is 11.7. The zero-order valence-electron chi connectivity index (χ0n) is 13.9. The molecule has 0 radical (unpaired) electrons. The maximum absolute atomic E-state index is 11.5. The van der Waals surface area contributed by atoms with E-state index in [0.717, 1.165) is 17.7 Å². The highest BCUT2D eigenvalue weighted by Gasteiger charge is 2.02. The quantitative estimate of drug-likeness (QED) is 0.413. The lowest BCUT2D eigenvalue weighted by Gasteiger charge is -2.04. The van der Waals surface area contributed by atoms with Gasteiger partial charge in [0.05, 0.1) is 12.7 Å². The van der Waals surface area contributed by atoms with Crippen LogP contribution >= 0.6 is 24.8 Å². The van der Waals surface area contributed by atoms with E-state index in [1.807, 2.05) is 35.0 Å². The topological polar surface area (TPSA) is 96.4 Å². The Morgan fingerprint density at radius 3 is 2.50 bits per heavy atom. The van der Waals surface area contributed by atoms with Gasteiger partial charge in [0.1, 0.15) is 0 Å². The van der Waals surface area contributed by atoms with Crippen molar-refractivity contribution in [3.8, 4) is 0 Å². The fourth-order valence-electron chi connectivity index (χ4n) is 1.88. The molecule has 0 amide bonds. The molecule has 2 N–H and O–H groups in total. The van der Waals surface area contributed by atoms with Gasteiger partial charge in [-0.1, -0.05) is 24.3 Å². The Morgan fingerprint density at radius 2 is 1.88 bits per heavy atom. The van der Waals surface area contributed by atoms with Crippen molar-refractivity contribution in [2.45, 2.75) is 13.0 Å². The number of nitrogens with zero attached hydrogens (tertiary/aromatic N) is 2. The molecule has 26 heavy (non-hydrogen) atoms. The van der Waals surface area contributed by atoms with Gasteiger partial charge in [0.25, 0.3) is 0 Å². The van der Waals surface area contributed by atoms with Crippen LogP contribution in [-0.2, 0) is 25.6 Å². The standard InChI is InChI=1S/C17H19N3O4.2ClH/c18-8-7-17(22)24-13-23-16(21)6-5-14-1-3-15(4-2-14)11-20-10-9-19-12-20;;/h1-6,9-10,12H,7-8,11,13,18H2;2*1H/b6-5+;;. The lowest BCUT2D eigenvalue weighted by Crippen LogP contribution is -2.14. The van der Waals surface area contributed by atoms with Gasteiger partial charge in [0, 0.05) is 31.6 Å². The van der Waals surface area contributed by atoms with Gasteiger partial charge >= 0.3 is 11.9 Å². The van der Waals surface area contributed by atoms with E-state index in [9.17, 15) is 9.59 Å². The van der Waals surface area contributed by atoms with Crippen LogP contribution in [0, 0.1) is 0 Å². The van der Waals surface area contributed by atoms with Crippen LogP contribution in [0.25, 0.3) is 6.08 Å². The number of hydrogen-bond acceptors (Lipinski definition) is 6. The van der Waals surface area contributed by atoms with E-state index < -0.39 is 18.7 Å². The van der Waals surface area contributed by atoms with E-state index in [1.165, 1.54) is 6.08 Å². The fraction of sp³-hybridized carbons (Fsp3) is 0.235. The second-order valence-electron chi connectivity index (χ2n) is 4.95. The molecule has 0 saturated heterocycles. The molecular weight excluding hydrogens is 381 g/mol. The van der Waals surface area contributed by atoms with Gasteiger partial charge in [-0.25, -0.2) is 9.78 Å². The maximum Gasteiger partial charge on any atom is 0.333 e. The molecule has 1 aromatic heterocycles. The van der Waals surface area contributed by atoms with Crippen LogP contribution in [0.3, 0.4) is 0 Å². The second-order valence-corrected chi connectivity index (χ2v) is 4.95. The van der Waals surface area contributed by atoms with E-state index in [-0.39, 0.29) is 37.8 Å². The van der Waals surface area contributed by atoms with E-state index in [2.05, 4.69) is 9.72 Å². The first-order valence-electron chi connectivity index (χ1n) is 7.42. The normalized spacial score (nSPS) is 9.88. The minimum absolute atomic E-state index is 0. The van der Waals surface area contributed by atoms with Crippen molar-refractivity contribution in [3.05, 3.63) is 60.2 Å². The molecule has 2 aromatic rings. The number of nitrogens with two attached hydrogens (primary N) is 1. The molecule has 2 rings (SSSR count). The Labute approximate surface area is 164 Å². The highest BCUT2D eigenvalue weighted by Crippen LogP contribution is 2.08. The molecule has 0 spiro atoms. The number of esters is 2. The summed E-state index contributed by atoms with van der Waals surface area (Å²) >= 11 is 0. The van der Waals surface area contributed by atoms with Gasteiger partial charge in [0.2, 0.25) is 6.79 Å². The Morgan fingerprint density at radius 1 is 1.15 bits per heavy atom. The van der Waals surface area contributed by atoms with Crippen molar-refractivity contribution in [2.75, 3.05) is 13.3 Å². The summed E-state index contributed by atoms with van der Waals surface area (Å²) in [4.78, 5) is 26.5. The summed E-state index contributed by atoms with van der Waals surface area (Å²) in [6.45, 7) is 0.523. The molecule has 9 heteroatoms. The second kappa shape index (κ2) is 12.9. The molecule has 7 nitrogen and oxygen atoms in total. The van der Waals surface area contributed by atoms with E-state index >= 15 is 0 Å². The van der Waals surface area contributed by atoms with Crippen molar-refractivity contribution in [3.63, 3.8) is 0 Å². The molecule has 0 atom stereocenters. The number of hydrogen-bond donors (Lipinski definition) is 1. The summed E-state index contributed by atoms with van der Waals surface area (Å²) in [7, 11) is 0. The van der Waals surface area contributed by atoms with Crippen molar-refractivity contribution in [1.82, 2.24) is 9.55 Å². The first-order valence-corrected chi connectivity index (χ1v) is 7.42. The fourth-order valence-corrected chi connectivity index (χ4v) is 1.88. The van der Waals surface area contributed by atoms with Crippen LogP contribution in [0.2, 0.25) is 0 Å². The number of rotatable bonds is 8. The molecule has 0 aliphatic carbocycles. The number of aromatic nitrogens is 2. The predicted molar refractivity (Wildman–Crippen MR) is 102 cm³/mol. The van der Waals surface area contributed by atoms with Crippen LogP contribution in [0.1, 0.15) is 17.5 Å². The Balaban J connectivity index is 0.00000312. The Kier molecular flexibility index (Phi) is 11.8. The summed E-state index contributed by atoms with van der Waals surface area (Å²) in [5, 5.41) is 0. The third-order valence-electron chi connectivity index (χ3n) is 3.09. The molecular formula is C17H21Cl2N3O4. The molecule has 0 aliphatic rings. The zero-order valence-corrected chi connectivity index (χ0v) is 15.6. The number of imidazole rings is 1. The lowest BCUT2D eigenvalue weighted by molar-refractivity contribution is -0.163. The minimum atomic E-state index is -0.585. The summed E-state index contributed by atoms with van der Waals surface area (Å²) in [6.07, 6.45) is 8.38. The predicted octanol–water partition coefficient (Wildman–Crippen LogP) is 2.18. The summed E-state index contributed by atoms with van der Waals surface area (Å²) in [5.41, 5.74) is 7.18. The van der Waals surface area contributed by atoms with Crippen LogP contribution < -0.4 is 5.73 Å². The molecule has 0 aliphatic heterocycles. The van der Waals surface area contributed by atoms with Crippen molar-refractivity contribution >= 4 is 42.8 Å². The molecule has 1 aromatic carbocycles. The summed E-state index contributed by atoms with van der Waals surface area (Å²) < 4.78 is 11.4. The molecule has 0 saturated carbocycles. The third kappa shape index (κ3) is 8.66. The molecule has 0 fully saturated rings. The van der Waals surface area contributed by atoms with Crippen LogP contribution in [0.5, 0.6) is 0 Å². The van der Waals surface area contributed by atoms with Crippen molar-refractivity contribution in [2.24, 2.45) is 5.73 Å². The van der Waals surface area contributed by atoms with Gasteiger partial charge in [0.15, 0.2) is 0 Å². The average molecular weight is 402 g/mol. The molecule has 1 heterocycles. The molecule has 0 unspecified atom stereocenters. The van der Waals surface area contributed by atoms with E-state index in [4.69, 9.17) is 10.5 Å². The monoisotopic (exact) mass is 401 g/mol. The van der Waals surface area contributed by atoms with Crippen molar-refractivity contribution in [1.29, 1.82) is 0 Å². The van der Waals surface area contributed by atoms with Gasteiger partial charge in [-0.15, -0.1) is 24.8 Å². The smallest absolute Gasteiger partial charge is 0.333 e. The highest BCUT2D eigenvalue weighted by molar-refractivity contribution is 5.87. The first kappa shape index (κ1) is 23.6. The Bertz CT molecular complexity index is 689. The van der Waals surface area contributed by atoms with Crippen LogP contribution in [-0.4, -0.2) is 34.8 Å². The van der Waals surface area contributed by atoms with E-state index in [1.54, 1.807) is 18.6 Å². The number of ether oxygens (including phenoxy) is 2. The van der Waals surface area contributed by atoms with Gasteiger partial charge in [-0.05, 0) is 17.2 Å². The summed E-state index contributed by atoms with van der Waals surface area (Å²) in [5.74, 6) is -1.08. The minimum Gasteiger partial charge on any atom is -0.428 e. The Hall–Kier alpha value is -2.35. The van der Waals surface area contributed by atoms with Gasteiger partial charge in [-0.2, -0.15) is 0 Å². The van der Waals surface area contributed by atoms with Gasteiger partial charge in [-0.3, -0.25) is 4.79 Å². The van der Waals surface area contributed by atoms with Crippen LogP contribution in [0.4, 0.5) is 0 Å². The van der Waals surface area contributed by atoms with E-state index in [0.29, 0.717) is 0 Å². The number of halogens is 2. The third-order valence-corrected chi connectivity index (χ3v) is 3.09. The lowest BCUT2D eigenvalue weighted by atomic mass is 10.1. The largest absolute Gasteiger partial charge is 0.428 e. The number of benzene rings is 1. The van der Waals surface area contributed by atoms with Crippen molar-refractivity contribution < 1.29 is 19.1 Å². The molecule has 142 valence electrons. The average Bonchev–Trinajstić information content (AvgIpc) is 3.07. The number of carbonyl (C=O) groups excluding carboxylic acids is 2. The summed E-state index contributed by atoms with van der Waals surface area (Å²) in [6, 6.07) is 7.74. The maximum atomic E-state index is 11.5.